The molecule has 10 heteroatoms. The number of halogens is 3. The van der Waals surface area contributed by atoms with Gasteiger partial charge < -0.3 is 4.52 Å². The quantitative estimate of drug-likeness (QED) is 0.900. The summed E-state index contributed by atoms with van der Waals surface area (Å²) in [5.41, 5.74) is 1.48. The molecule has 0 radical (unpaired) electrons. The molecule has 0 aliphatic carbocycles. The van der Waals surface area contributed by atoms with Crippen LogP contribution in [0.25, 0.3) is 0 Å². The molecule has 2 aromatic heterocycles. The molecule has 0 fully saturated rings. The lowest BCUT2D eigenvalue weighted by Gasteiger charge is -2.01. The molecule has 0 bridgehead atoms. The van der Waals surface area contributed by atoms with Crippen LogP contribution < -0.4 is 5.32 Å². The number of amides is 1. The van der Waals surface area contributed by atoms with Gasteiger partial charge in [0.25, 0.3) is 0 Å². The van der Waals surface area contributed by atoms with Crippen molar-refractivity contribution in [1.82, 2.24) is 20.3 Å². The molecule has 0 unspecified atom stereocenters. The largest absolute Gasteiger partial charge is 0.451 e. The van der Waals surface area contributed by atoms with E-state index in [0.29, 0.717) is 17.9 Å². The van der Waals surface area contributed by atoms with Crippen molar-refractivity contribution in [3.8, 4) is 0 Å². The van der Waals surface area contributed by atoms with E-state index in [2.05, 4.69) is 20.6 Å². The van der Waals surface area contributed by atoms with Crippen molar-refractivity contribution in [2.24, 2.45) is 0 Å². The molecule has 0 aliphatic heterocycles. The minimum absolute atomic E-state index is 0.0543. The van der Waals surface area contributed by atoms with E-state index in [1.807, 2.05) is 0 Å². The number of nitrogens with one attached hydrogen (secondary N) is 2. The summed E-state index contributed by atoms with van der Waals surface area (Å²) >= 11 is 0. The third kappa shape index (κ3) is 3.58. The molecule has 0 aromatic carbocycles. The summed E-state index contributed by atoms with van der Waals surface area (Å²) < 4.78 is 41.8. The van der Waals surface area contributed by atoms with Crippen LogP contribution in [0.1, 0.15) is 29.3 Å². The normalized spacial score (nSPS) is 11.7. The number of aryl methyl sites for hydroxylation is 2. The summed E-state index contributed by atoms with van der Waals surface area (Å²) in [4.78, 5) is 14.8. The Hall–Kier alpha value is -2.39. The SMILES string of the molecule is Cc1noc(C)c1CCC(=O)Nc1n[nH]c(C(F)(F)F)n1. The van der Waals surface area contributed by atoms with Crippen molar-refractivity contribution in [2.75, 3.05) is 5.32 Å². The highest BCUT2D eigenvalue weighted by Gasteiger charge is 2.35. The lowest BCUT2D eigenvalue weighted by Crippen LogP contribution is -2.14. The Morgan fingerprint density at radius 3 is 2.62 bits per heavy atom. The summed E-state index contributed by atoms with van der Waals surface area (Å²) in [6, 6.07) is 0. The molecule has 114 valence electrons. The van der Waals surface area contributed by atoms with Crippen LogP contribution >= 0.6 is 0 Å². The Labute approximate surface area is 116 Å². The van der Waals surface area contributed by atoms with Crippen molar-refractivity contribution >= 4 is 11.9 Å². The fourth-order valence-corrected chi connectivity index (χ4v) is 1.73. The number of alkyl halides is 3. The molecule has 0 atom stereocenters. The molecule has 21 heavy (non-hydrogen) atoms. The molecular formula is C11H12F3N5O2. The molecule has 1 amide bonds. The van der Waals surface area contributed by atoms with E-state index in [4.69, 9.17) is 4.52 Å². The summed E-state index contributed by atoms with van der Waals surface area (Å²) in [6.07, 6.45) is -4.21. The second-order valence-electron chi connectivity index (χ2n) is 4.36. The van der Waals surface area contributed by atoms with Gasteiger partial charge in [-0.25, -0.2) is 0 Å². The first-order valence-electron chi connectivity index (χ1n) is 5.98. The summed E-state index contributed by atoms with van der Waals surface area (Å²) in [6.45, 7) is 3.47. The van der Waals surface area contributed by atoms with E-state index in [-0.39, 0.29) is 6.42 Å². The fraction of sp³-hybridized carbons (Fsp3) is 0.455. The number of aromatic amines is 1. The molecule has 7 nitrogen and oxygen atoms in total. The topological polar surface area (TPSA) is 96.7 Å². The number of carbonyl (C=O) groups is 1. The second kappa shape index (κ2) is 5.54. The highest BCUT2D eigenvalue weighted by Crippen LogP contribution is 2.26. The minimum atomic E-state index is -4.63. The third-order valence-corrected chi connectivity index (χ3v) is 2.79. The van der Waals surface area contributed by atoms with E-state index in [0.717, 1.165) is 5.56 Å². The molecule has 2 N–H and O–H groups in total. The molecule has 0 saturated carbocycles. The van der Waals surface area contributed by atoms with Crippen LogP contribution in [0.4, 0.5) is 19.1 Å². The first-order chi connectivity index (χ1) is 9.77. The lowest BCUT2D eigenvalue weighted by molar-refractivity contribution is -0.144. The fourth-order valence-electron chi connectivity index (χ4n) is 1.73. The molecule has 0 spiro atoms. The lowest BCUT2D eigenvalue weighted by atomic mass is 10.1. The Kier molecular flexibility index (Phi) is 3.96. The number of nitrogens with zero attached hydrogens (tertiary/aromatic N) is 3. The van der Waals surface area contributed by atoms with Gasteiger partial charge in [-0.05, 0) is 20.3 Å². The van der Waals surface area contributed by atoms with Crippen LogP contribution in [-0.4, -0.2) is 26.2 Å². The predicted molar refractivity (Wildman–Crippen MR) is 64.3 cm³/mol. The van der Waals surface area contributed by atoms with Gasteiger partial charge >= 0.3 is 6.18 Å². The predicted octanol–water partition coefficient (Wildman–Crippen LogP) is 2.00. The third-order valence-electron chi connectivity index (χ3n) is 2.79. The number of aromatic nitrogens is 4. The van der Waals surface area contributed by atoms with Crippen molar-refractivity contribution in [1.29, 1.82) is 0 Å². The van der Waals surface area contributed by atoms with Gasteiger partial charge in [-0.3, -0.25) is 15.2 Å². The van der Waals surface area contributed by atoms with E-state index >= 15 is 0 Å². The van der Waals surface area contributed by atoms with Crippen LogP contribution in [0, 0.1) is 13.8 Å². The maximum Gasteiger partial charge on any atom is 0.451 e. The van der Waals surface area contributed by atoms with E-state index in [9.17, 15) is 18.0 Å². The number of rotatable bonds is 4. The summed E-state index contributed by atoms with van der Waals surface area (Å²) in [5.74, 6) is -1.56. The highest BCUT2D eigenvalue weighted by molar-refractivity contribution is 5.89. The van der Waals surface area contributed by atoms with E-state index in [1.54, 1.807) is 18.9 Å². The molecule has 0 saturated heterocycles. The Balaban J connectivity index is 1.92. The number of hydrogen-bond donors (Lipinski definition) is 2. The van der Waals surface area contributed by atoms with Crippen LogP contribution in [-0.2, 0) is 17.4 Å². The van der Waals surface area contributed by atoms with Crippen LogP contribution in [0.3, 0.4) is 0 Å². The smallest absolute Gasteiger partial charge is 0.361 e. The zero-order chi connectivity index (χ0) is 15.6. The van der Waals surface area contributed by atoms with Gasteiger partial charge in [0.1, 0.15) is 5.76 Å². The second-order valence-corrected chi connectivity index (χ2v) is 4.36. The van der Waals surface area contributed by atoms with Gasteiger partial charge in [-0.15, -0.1) is 5.10 Å². The molecule has 2 rings (SSSR count). The monoisotopic (exact) mass is 303 g/mol. The van der Waals surface area contributed by atoms with Gasteiger partial charge in [0, 0.05) is 12.0 Å². The van der Waals surface area contributed by atoms with E-state index in [1.165, 1.54) is 0 Å². The molecule has 2 aromatic rings. The number of anilines is 1. The standard InChI is InChI=1S/C11H12F3N5O2/c1-5-7(6(2)21-19-5)3-4-8(20)15-10-16-9(17-18-10)11(12,13)14/h3-4H2,1-2H3,(H2,15,16,17,18,20). The number of hydrogen-bond acceptors (Lipinski definition) is 5. The highest BCUT2D eigenvalue weighted by atomic mass is 19.4. The Morgan fingerprint density at radius 2 is 2.10 bits per heavy atom. The van der Waals surface area contributed by atoms with Crippen LogP contribution in [0.15, 0.2) is 4.52 Å². The maximum absolute atomic E-state index is 12.3. The van der Waals surface area contributed by atoms with Crippen molar-refractivity contribution in [3.63, 3.8) is 0 Å². The van der Waals surface area contributed by atoms with Crippen molar-refractivity contribution in [2.45, 2.75) is 32.9 Å². The van der Waals surface area contributed by atoms with Crippen LogP contribution in [0.2, 0.25) is 0 Å². The summed E-state index contributed by atoms with van der Waals surface area (Å²) in [7, 11) is 0. The average Bonchev–Trinajstić information content (AvgIpc) is 2.95. The zero-order valence-corrected chi connectivity index (χ0v) is 11.2. The summed E-state index contributed by atoms with van der Waals surface area (Å²) in [5, 5.41) is 10.9. The molecule has 2 heterocycles. The van der Waals surface area contributed by atoms with Gasteiger partial charge in [0.15, 0.2) is 0 Å². The van der Waals surface area contributed by atoms with Crippen molar-refractivity contribution < 1.29 is 22.5 Å². The maximum atomic E-state index is 12.3. The van der Waals surface area contributed by atoms with Gasteiger partial charge in [0.05, 0.1) is 5.69 Å². The minimum Gasteiger partial charge on any atom is -0.361 e. The molecule has 0 aliphatic rings. The zero-order valence-electron chi connectivity index (χ0n) is 11.2. The van der Waals surface area contributed by atoms with Gasteiger partial charge in [-0.1, -0.05) is 5.16 Å². The first kappa shape index (κ1) is 15.0. The number of H-pyrrole nitrogens is 1. The Morgan fingerprint density at radius 1 is 1.38 bits per heavy atom. The Bertz CT molecular complexity index is 627. The molecular weight excluding hydrogens is 291 g/mol. The van der Waals surface area contributed by atoms with Crippen molar-refractivity contribution in [3.05, 3.63) is 22.8 Å². The first-order valence-corrected chi connectivity index (χ1v) is 5.98. The van der Waals surface area contributed by atoms with Gasteiger partial charge in [0.2, 0.25) is 17.7 Å². The van der Waals surface area contributed by atoms with E-state index < -0.39 is 23.9 Å². The van der Waals surface area contributed by atoms with Crippen LogP contribution in [0.5, 0.6) is 0 Å². The van der Waals surface area contributed by atoms with Gasteiger partial charge in [-0.2, -0.15) is 18.2 Å². The average molecular weight is 303 g/mol. The number of carbonyl (C=O) groups excluding carboxylic acids is 1.